The lowest BCUT2D eigenvalue weighted by Gasteiger charge is -2.37. The van der Waals surface area contributed by atoms with Crippen molar-refractivity contribution in [1.82, 2.24) is 14.9 Å². The summed E-state index contributed by atoms with van der Waals surface area (Å²) in [6.45, 7) is 1.98. The number of hydrogen-bond donors (Lipinski definition) is 1. The number of halogens is 3. The number of alkyl halides is 3. The number of carbonyl (C=O) groups excluding carboxylic acids is 1. The lowest BCUT2D eigenvalue weighted by molar-refractivity contribution is -0.186. The molecule has 25 heavy (non-hydrogen) atoms. The van der Waals surface area contributed by atoms with Crippen molar-refractivity contribution in [2.24, 2.45) is 0 Å². The van der Waals surface area contributed by atoms with E-state index in [9.17, 15) is 22.8 Å². The highest BCUT2D eigenvalue weighted by Gasteiger charge is 2.40. The Morgan fingerprint density at radius 1 is 1.32 bits per heavy atom. The molecular formula is C14H16F3N3O4S. The number of ether oxygens (including phenoxy) is 2. The Kier molecular flexibility index (Phi) is 5.07. The highest BCUT2D eigenvalue weighted by molar-refractivity contribution is 7.99. The SMILES string of the molecule is O=C(CSc1nc(C(F)(F)F)cc(=O)[nH]1)N1CCC2(CC1)OCCO2. The predicted molar refractivity (Wildman–Crippen MR) is 81.0 cm³/mol. The van der Waals surface area contributed by atoms with Crippen LogP contribution in [0.5, 0.6) is 0 Å². The number of hydrogen-bond acceptors (Lipinski definition) is 6. The molecule has 1 N–H and O–H groups in total. The van der Waals surface area contributed by atoms with Crippen molar-refractivity contribution in [3.05, 3.63) is 22.1 Å². The van der Waals surface area contributed by atoms with Crippen molar-refractivity contribution >= 4 is 17.7 Å². The van der Waals surface area contributed by atoms with Gasteiger partial charge in [-0.25, -0.2) is 4.98 Å². The topological polar surface area (TPSA) is 84.5 Å². The molecule has 138 valence electrons. The van der Waals surface area contributed by atoms with E-state index in [4.69, 9.17) is 9.47 Å². The minimum Gasteiger partial charge on any atom is -0.347 e. The van der Waals surface area contributed by atoms with E-state index in [0.29, 0.717) is 45.2 Å². The molecule has 3 rings (SSSR count). The van der Waals surface area contributed by atoms with E-state index in [0.717, 1.165) is 11.8 Å². The molecule has 0 bridgehead atoms. The summed E-state index contributed by atoms with van der Waals surface area (Å²) < 4.78 is 49.1. The fourth-order valence-electron chi connectivity index (χ4n) is 2.75. The van der Waals surface area contributed by atoms with Gasteiger partial charge in [-0.2, -0.15) is 13.2 Å². The zero-order chi connectivity index (χ0) is 18.1. The van der Waals surface area contributed by atoms with E-state index in [1.807, 2.05) is 0 Å². The van der Waals surface area contributed by atoms with Gasteiger partial charge in [0, 0.05) is 32.0 Å². The van der Waals surface area contributed by atoms with Gasteiger partial charge in [-0.1, -0.05) is 11.8 Å². The molecule has 0 atom stereocenters. The monoisotopic (exact) mass is 379 g/mol. The molecule has 1 spiro atoms. The molecule has 2 fully saturated rings. The van der Waals surface area contributed by atoms with Crippen LogP contribution in [0.4, 0.5) is 13.2 Å². The number of thioether (sulfide) groups is 1. The Labute approximate surface area is 144 Å². The van der Waals surface area contributed by atoms with Gasteiger partial charge in [0.25, 0.3) is 5.56 Å². The van der Waals surface area contributed by atoms with Crippen LogP contribution in [0.15, 0.2) is 16.0 Å². The first-order valence-corrected chi connectivity index (χ1v) is 8.63. The van der Waals surface area contributed by atoms with Crippen LogP contribution in [-0.4, -0.2) is 58.6 Å². The summed E-state index contributed by atoms with van der Waals surface area (Å²) in [4.78, 5) is 30.7. The number of piperidine rings is 1. The van der Waals surface area contributed by atoms with Gasteiger partial charge in [-0.05, 0) is 0 Å². The normalized spacial score (nSPS) is 20.2. The van der Waals surface area contributed by atoms with Gasteiger partial charge >= 0.3 is 6.18 Å². The Hall–Kier alpha value is -1.59. The number of nitrogens with one attached hydrogen (secondary N) is 1. The molecule has 2 saturated heterocycles. The van der Waals surface area contributed by atoms with E-state index in [-0.39, 0.29) is 16.8 Å². The molecule has 0 saturated carbocycles. The first-order valence-electron chi connectivity index (χ1n) is 7.64. The van der Waals surface area contributed by atoms with Crippen molar-refractivity contribution in [2.45, 2.75) is 30.0 Å². The number of rotatable bonds is 3. The molecule has 0 unspecified atom stereocenters. The third-order valence-electron chi connectivity index (χ3n) is 4.03. The van der Waals surface area contributed by atoms with Crippen LogP contribution in [0.2, 0.25) is 0 Å². The average molecular weight is 379 g/mol. The quantitative estimate of drug-likeness (QED) is 0.629. The number of H-pyrrole nitrogens is 1. The number of carbonyl (C=O) groups is 1. The smallest absolute Gasteiger partial charge is 0.347 e. The van der Waals surface area contributed by atoms with E-state index in [1.165, 1.54) is 0 Å². The van der Waals surface area contributed by atoms with Crippen LogP contribution in [-0.2, 0) is 20.4 Å². The molecule has 0 radical (unpaired) electrons. The van der Waals surface area contributed by atoms with Crippen LogP contribution < -0.4 is 5.56 Å². The van der Waals surface area contributed by atoms with Crippen LogP contribution in [0, 0.1) is 0 Å². The van der Waals surface area contributed by atoms with Crippen molar-refractivity contribution in [3.63, 3.8) is 0 Å². The van der Waals surface area contributed by atoms with Crippen molar-refractivity contribution in [3.8, 4) is 0 Å². The molecule has 0 aromatic carbocycles. The third-order valence-corrected chi connectivity index (χ3v) is 4.89. The Balaban J connectivity index is 1.56. The first kappa shape index (κ1) is 18.2. The van der Waals surface area contributed by atoms with Gasteiger partial charge < -0.3 is 19.4 Å². The van der Waals surface area contributed by atoms with Gasteiger partial charge in [0.15, 0.2) is 16.6 Å². The first-order chi connectivity index (χ1) is 11.8. The van der Waals surface area contributed by atoms with Crippen molar-refractivity contribution in [2.75, 3.05) is 32.1 Å². The van der Waals surface area contributed by atoms with E-state index in [2.05, 4.69) is 9.97 Å². The van der Waals surface area contributed by atoms with E-state index >= 15 is 0 Å². The van der Waals surface area contributed by atoms with Gasteiger partial charge in [0.2, 0.25) is 5.91 Å². The summed E-state index contributed by atoms with van der Waals surface area (Å²) in [6.07, 6.45) is -3.60. The number of likely N-dealkylation sites (tertiary alicyclic amines) is 1. The fraction of sp³-hybridized carbons (Fsp3) is 0.643. The molecular weight excluding hydrogens is 363 g/mol. The maximum atomic E-state index is 12.7. The Morgan fingerprint density at radius 3 is 2.56 bits per heavy atom. The summed E-state index contributed by atoms with van der Waals surface area (Å²) in [6, 6.07) is 0.386. The van der Waals surface area contributed by atoms with Gasteiger partial charge in [-0.15, -0.1) is 0 Å². The number of amides is 1. The molecule has 2 aliphatic heterocycles. The molecule has 7 nitrogen and oxygen atoms in total. The largest absolute Gasteiger partial charge is 0.433 e. The lowest BCUT2D eigenvalue weighted by atomic mass is 10.0. The summed E-state index contributed by atoms with van der Waals surface area (Å²) in [5.74, 6) is -0.950. The molecule has 11 heteroatoms. The second-order valence-electron chi connectivity index (χ2n) is 5.71. The second-order valence-corrected chi connectivity index (χ2v) is 6.67. The predicted octanol–water partition coefficient (Wildman–Crippen LogP) is 1.25. The van der Waals surface area contributed by atoms with Crippen molar-refractivity contribution in [1.29, 1.82) is 0 Å². The zero-order valence-corrected chi connectivity index (χ0v) is 13.9. The molecule has 3 heterocycles. The summed E-state index contributed by atoms with van der Waals surface area (Å²) in [7, 11) is 0. The molecule has 0 aliphatic carbocycles. The lowest BCUT2D eigenvalue weighted by Crippen LogP contribution is -2.47. The maximum absolute atomic E-state index is 12.7. The summed E-state index contributed by atoms with van der Waals surface area (Å²) >= 11 is 0.770. The minimum atomic E-state index is -4.71. The minimum absolute atomic E-state index is 0.112. The Bertz CT molecular complexity index is 693. The summed E-state index contributed by atoms with van der Waals surface area (Å²) in [5.41, 5.74) is -2.19. The van der Waals surface area contributed by atoms with Gasteiger partial charge in [0.05, 0.1) is 19.0 Å². The van der Waals surface area contributed by atoms with Gasteiger partial charge in [-0.3, -0.25) is 9.59 Å². The Morgan fingerprint density at radius 2 is 1.96 bits per heavy atom. The highest BCUT2D eigenvalue weighted by Crippen LogP contribution is 2.32. The maximum Gasteiger partial charge on any atom is 0.433 e. The fourth-order valence-corrected chi connectivity index (χ4v) is 3.53. The molecule has 2 aliphatic rings. The van der Waals surface area contributed by atoms with E-state index < -0.39 is 23.2 Å². The second kappa shape index (κ2) is 6.96. The van der Waals surface area contributed by atoms with E-state index in [1.54, 1.807) is 4.90 Å². The zero-order valence-electron chi connectivity index (χ0n) is 13.1. The van der Waals surface area contributed by atoms with Crippen molar-refractivity contribution < 1.29 is 27.4 Å². The molecule has 1 amide bonds. The number of aromatic amines is 1. The molecule has 1 aromatic rings. The van der Waals surface area contributed by atoms with Crippen LogP contribution in [0.25, 0.3) is 0 Å². The van der Waals surface area contributed by atoms with Gasteiger partial charge in [0.1, 0.15) is 0 Å². The standard InChI is InChI=1S/C14H16F3N3O4S/c15-14(16,17)9-7-10(21)19-12(18-9)25-8-11(22)20-3-1-13(2-4-20)23-5-6-24-13/h7H,1-6,8H2,(H,18,19,21). The average Bonchev–Trinajstić information content (AvgIpc) is 3.00. The summed E-state index contributed by atoms with van der Waals surface area (Å²) in [5, 5.41) is -0.232. The van der Waals surface area contributed by atoms with Crippen LogP contribution >= 0.6 is 11.8 Å². The number of nitrogens with zero attached hydrogens (tertiary/aromatic N) is 2. The van der Waals surface area contributed by atoms with Crippen LogP contribution in [0.1, 0.15) is 18.5 Å². The van der Waals surface area contributed by atoms with Crippen LogP contribution in [0.3, 0.4) is 0 Å². The molecule has 1 aromatic heterocycles. The number of aromatic nitrogens is 2. The highest BCUT2D eigenvalue weighted by atomic mass is 32.2. The third kappa shape index (κ3) is 4.33.